The zero-order valence-corrected chi connectivity index (χ0v) is 10.3. The molecule has 1 fully saturated rings. The van der Waals surface area contributed by atoms with Crippen molar-refractivity contribution in [2.24, 2.45) is 0 Å². The van der Waals surface area contributed by atoms with Crippen LogP contribution in [0.5, 0.6) is 0 Å². The minimum absolute atomic E-state index is 0.229. The number of morpholine rings is 1. The van der Waals surface area contributed by atoms with E-state index >= 15 is 0 Å². The summed E-state index contributed by atoms with van der Waals surface area (Å²) in [5.74, 6) is 1.21. The van der Waals surface area contributed by atoms with Crippen LogP contribution in [0.3, 0.4) is 0 Å². The van der Waals surface area contributed by atoms with Crippen molar-refractivity contribution >= 4 is 17.5 Å². The fraction of sp³-hybridized carbons (Fsp3) is 0.636. The van der Waals surface area contributed by atoms with Gasteiger partial charge in [-0.15, -0.1) is 11.6 Å². The molecule has 0 bridgehead atoms. The molecule has 2 unspecified atom stereocenters. The molecule has 0 N–H and O–H groups in total. The topological polar surface area (TPSA) is 38.2 Å². The molecule has 0 saturated carbocycles. The van der Waals surface area contributed by atoms with Crippen molar-refractivity contribution in [1.82, 2.24) is 9.97 Å². The van der Waals surface area contributed by atoms with Crippen molar-refractivity contribution in [3.8, 4) is 0 Å². The summed E-state index contributed by atoms with van der Waals surface area (Å²) in [6.07, 6.45) is 3.79. The summed E-state index contributed by atoms with van der Waals surface area (Å²) in [6.45, 7) is 5.74. The molecule has 5 heteroatoms. The molecule has 2 rings (SSSR count). The second kappa shape index (κ2) is 4.97. The summed E-state index contributed by atoms with van der Waals surface area (Å²) in [6, 6.07) is 0.318. The van der Waals surface area contributed by atoms with Crippen LogP contribution in [0.15, 0.2) is 12.4 Å². The maximum absolute atomic E-state index is 5.70. The van der Waals surface area contributed by atoms with Crippen molar-refractivity contribution in [3.63, 3.8) is 0 Å². The van der Waals surface area contributed by atoms with Gasteiger partial charge in [-0.3, -0.25) is 0 Å². The van der Waals surface area contributed by atoms with E-state index in [1.54, 1.807) is 12.4 Å². The molecular formula is C11H16ClN3O. The fourth-order valence-electron chi connectivity index (χ4n) is 1.75. The van der Waals surface area contributed by atoms with Crippen molar-refractivity contribution in [2.75, 3.05) is 18.1 Å². The first-order valence-corrected chi connectivity index (χ1v) is 5.99. The summed E-state index contributed by atoms with van der Waals surface area (Å²) >= 11 is 5.70. The molecule has 0 aromatic carbocycles. The molecule has 2 atom stereocenters. The minimum Gasteiger partial charge on any atom is -0.375 e. The number of nitrogens with zero attached hydrogens (tertiary/aromatic N) is 3. The average molecular weight is 242 g/mol. The lowest BCUT2D eigenvalue weighted by atomic mass is 10.2. The van der Waals surface area contributed by atoms with Gasteiger partial charge in [-0.2, -0.15) is 0 Å². The molecule has 1 aliphatic heterocycles. The summed E-state index contributed by atoms with van der Waals surface area (Å²) in [5, 5.41) is 0. The maximum atomic E-state index is 5.70. The Morgan fingerprint density at radius 1 is 1.44 bits per heavy atom. The van der Waals surface area contributed by atoms with E-state index in [4.69, 9.17) is 16.3 Å². The Morgan fingerprint density at radius 2 is 2.12 bits per heavy atom. The van der Waals surface area contributed by atoms with Gasteiger partial charge in [0.2, 0.25) is 5.95 Å². The normalized spacial score (nSPS) is 25.8. The van der Waals surface area contributed by atoms with E-state index in [9.17, 15) is 0 Å². The number of hydrogen-bond acceptors (Lipinski definition) is 4. The Balaban J connectivity index is 2.15. The number of anilines is 1. The lowest BCUT2D eigenvalue weighted by molar-refractivity contribution is 0.0337. The molecule has 4 nitrogen and oxygen atoms in total. The van der Waals surface area contributed by atoms with Crippen LogP contribution in [0.2, 0.25) is 0 Å². The van der Waals surface area contributed by atoms with Crippen molar-refractivity contribution in [1.29, 1.82) is 0 Å². The Labute approximate surface area is 101 Å². The Kier molecular flexibility index (Phi) is 3.61. The highest BCUT2D eigenvalue weighted by molar-refractivity contribution is 6.17. The minimum atomic E-state index is 0.229. The highest BCUT2D eigenvalue weighted by atomic mass is 35.5. The highest BCUT2D eigenvalue weighted by Gasteiger charge is 2.25. The van der Waals surface area contributed by atoms with Gasteiger partial charge in [-0.25, -0.2) is 9.97 Å². The zero-order chi connectivity index (χ0) is 11.5. The van der Waals surface area contributed by atoms with E-state index in [1.807, 2.05) is 0 Å². The van der Waals surface area contributed by atoms with Crippen LogP contribution in [0, 0.1) is 0 Å². The van der Waals surface area contributed by atoms with Crippen molar-refractivity contribution in [3.05, 3.63) is 18.0 Å². The molecule has 1 saturated heterocycles. The molecule has 0 amide bonds. The van der Waals surface area contributed by atoms with E-state index in [-0.39, 0.29) is 6.10 Å². The number of halogens is 1. The van der Waals surface area contributed by atoms with E-state index in [0.717, 1.165) is 24.7 Å². The second-order valence-corrected chi connectivity index (χ2v) is 4.44. The Hall–Kier alpha value is -0.870. The van der Waals surface area contributed by atoms with Gasteiger partial charge in [0.1, 0.15) is 0 Å². The Morgan fingerprint density at radius 3 is 2.75 bits per heavy atom. The van der Waals surface area contributed by atoms with Crippen LogP contribution >= 0.6 is 11.6 Å². The molecule has 1 aliphatic rings. The van der Waals surface area contributed by atoms with Gasteiger partial charge in [-0.05, 0) is 13.8 Å². The maximum Gasteiger partial charge on any atom is 0.225 e. The van der Waals surface area contributed by atoms with Crippen LogP contribution < -0.4 is 4.90 Å². The standard InChI is InChI=1S/C11H16ClN3O/c1-8-7-16-9(2)6-15(8)11-13-4-10(3-12)5-14-11/h4-5,8-9H,3,6-7H2,1-2H3. The summed E-state index contributed by atoms with van der Waals surface area (Å²) in [5.41, 5.74) is 0.944. The third kappa shape index (κ3) is 2.44. The number of ether oxygens (including phenoxy) is 1. The van der Waals surface area contributed by atoms with E-state index in [1.165, 1.54) is 0 Å². The number of aromatic nitrogens is 2. The zero-order valence-electron chi connectivity index (χ0n) is 9.56. The van der Waals surface area contributed by atoms with Gasteiger partial charge >= 0.3 is 0 Å². The van der Waals surface area contributed by atoms with Gasteiger partial charge in [0, 0.05) is 24.5 Å². The molecular weight excluding hydrogens is 226 g/mol. The molecule has 88 valence electrons. The van der Waals surface area contributed by atoms with Crippen LogP contribution in [0.25, 0.3) is 0 Å². The van der Waals surface area contributed by atoms with E-state index < -0.39 is 0 Å². The fourth-order valence-corrected chi connectivity index (χ4v) is 1.89. The van der Waals surface area contributed by atoms with Gasteiger partial charge in [0.05, 0.1) is 24.6 Å². The molecule has 1 aromatic rings. The smallest absolute Gasteiger partial charge is 0.225 e. The lowest BCUT2D eigenvalue weighted by Gasteiger charge is -2.36. The second-order valence-electron chi connectivity index (χ2n) is 4.17. The van der Waals surface area contributed by atoms with Gasteiger partial charge in [-0.1, -0.05) is 0 Å². The van der Waals surface area contributed by atoms with Gasteiger partial charge in [0.15, 0.2) is 0 Å². The Bertz CT molecular complexity index is 344. The molecule has 1 aromatic heterocycles. The van der Waals surface area contributed by atoms with Crippen molar-refractivity contribution < 1.29 is 4.74 Å². The third-order valence-corrected chi connectivity index (χ3v) is 3.02. The SMILES string of the molecule is CC1CN(c2ncc(CCl)cn2)C(C)CO1. The van der Waals surface area contributed by atoms with Gasteiger partial charge < -0.3 is 9.64 Å². The van der Waals surface area contributed by atoms with Crippen LogP contribution in [0.4, 0.5) is 5.95 Å². The largest absolute Gasteiger partial charge is 0.375 e. The van der Waals surface area contributed by atoms with Crippen LogP contribution in [0.1, 0.15) is 19.4 Å². The predicted molar refractivity (Wildman–Crippen MR) is 63.8 cm³/mol. The van der Waals surface area contributed by atoms with Crippen LogP contribution in [-0.4, -0.2) is 35.3 Å². The molecule has 16 heavy (non-hydrogen) atoms. The monoisotopic (exact) mass is 241 g/mol. The van der Waals surface area contributed by atoms with E-state index in [2.05, 4.69) is 28.7 Å². The lowest BCUT2D eigenvalue weighted by Crippen LogP contribution is -2.48. The first kappa shape index (κ1) is 11.6. The average Bonchev–Trinajstić information content (AvgIpc) is 2.32. The molecule has 0 radical (unpaired) electrons. The van der Waals surface area contributed by atoms with E-state index in [0.29, 0.717) is 11.9 Å². The third-order valence-electron chi connectivity index (χ3n) is 2.71. The summed E-state index contributed by atoms with van der Waals surface area (Å²) in [7, 11) is 0. The number of alkyl halides is 1. The van der Waals surface area contributed by atoms with Gasteiger partial charge in [0.25, 0.3) is 0 Å². The number of rotatable bonds is 2. The predicted octanol–water partition coefficient (Wildman–Crippen LogP) is 1.83. The molecule has 0 aliphatic carbocycles. The summed E-state index contributed by atoms with van der Waals surface area (Å²) in [4.78, 5) is 10.8. The molecule has 2 heterocycles. The van der Waals surface area contributed by atoms with Crippen LogP contribution in [-0.2, 0) is 10.6 Å². The quantitative estimate of drug-likeness (QED) is 0.741. The first-order valence-electron chi connectivity index (χ1n) is 5.46. The highest BCUT2D eigenvalue weighted by Crippen LogP contribution is 2.17. The first-order chi connectivity index (χ1) is 7.70. The summed E-state index contributed by atoms with van der Waals surface area (Å²) < 4.78 is 5.57. The number of hydrogen-bond donors (Lipinski definition) is 0. The van der Waals surface area contributed by atoms with Crippen molar-refractivity contribution in [2.45, 2.75) is 31.9 Å². The molecule has 0 spiro atoms.